The van der Waals surface area contributed by atoms with Crippen LogP contribution >= 0.6 is 0 Å². The summed E-state index contributed by atoms with van der Waals surface area (Å²) >= 11 is 0. The molecule has 2 atom stereocenters. The molecule has 13 heteroatoms. The molecule has 1 aromatic carbocycles. The zero-order valence-electron chi connectivity index (χ0n) is 20.7. The maximum Gasteiger partial charge on any atom is 0.410 e. The minimum Gasteiger partial charge on any atom is -0.490 e. The van der Waals surface area contributed by atoms with Gasteiger partial charge in [0, 0.05) is 25.4 Å². The highest BCUT2D eigenvalue weighted by Gasteiger charge is 2.53. The lowest BCUT2D eigenvalue weighted by atomic mass is 9.84. The Hall–Kier alpha value is -2.12. The second-order valence-corrected chi connectivity index (χ2v) is 12.1. The molecule has 4 rings (SSSR count). The molecule has 0 aromatic heterocycles. The number of rotatable bonds is 6. The van der Waals surface area contributed by atoms with Crippen LogP contribution in [-0.2, 0) is 19.3 Å². The highest BCUT2D eigenvalue weighted by atomic mass is 32.2. The number of hydrogen-bond donors (Lipinski definition) is 0. The van der Waals surface area contributed by atoms with E-state index in [1.165, 1.54) is 24.0 Å². The van der Waals surface area contributed by atoms with Crippen molar-refractivity contribution < 1.29 is 45.0 Å². The SMILES string of the molecule is C[C@H]1C(C(F)(F)F)N(C2CCC(COc3ccc(S(C)(=O)=O)cc3F)CC2)CCN1C(=O)OC1COC1. The molecule has 1 aliphatic carbocycles. The minimum absolute atomic E-state index is 0.0351. The van der Waals surface area contributed by atoms with Crippen molar-refractivity contribution in [3.8, 4) is 5.75 Å². The first-order valence-electron chi connectivity index (χ1n) is 12.3. The van der Waals surface area contributed by atoms with E-state index in [9.17, 15) is 30.8 Å². The highest BCUT2D eigenvalue weighted by Crippen LogP contribution is 2.38. The molecule has 0 spiro atoms. The second-order valence-electron chi connectivity index (χ2n) is 10.1. The maximum absolute atomic E-state index is 14.3. The Morgan fingerprint density at radius 2 is 1.81 bits per heavy atom. The Morgan fingerprint density at radius 3 is 2.35 bits per heavy atom. The molecular weight excluding hydrogens is 520 g/mol. The van der Waals surface area contributed by atoms with Crippen LogP contribution < -0.4 is 4.74 Å². The number of benzene rings is 1. The second kappa shape index (κ2) is 10.9. The minimum atomic E-state index is -4.52. The van der Waals surface area contributed by atoms with E-state index in [0.717, 1.165) is 17.2 Å². The van der Waals surface area contributed by atoms with Gasteiger partial charge >= 0.3 is 12.3 Å². The summed E-state index contributed by atoms with van der Waals surface area (Å²) in [5, 5.41) is 0. The van der Waals surface area contributed by atoms with Gasteiger partial charge in [-0.25, -0.2) is 17.6 Å². The van der Waals surface area contributed by atoms with E-state index in [1.54, 1.807) is 0 Å². The molecule has 1 aromatic rings. The molecule has 37 heavy (non-hydrogen) atoms. The summed E-state index contributed by atoms with van der Waals surface area (Å²) in [6, 6.07) is 0.269. The van der Waals surface area contributed by atoms with Gasteiger partial charge in [0.05, 0.1) is 30.8 Å². The van der Waals surface area contributed by atoms with E-state index in [1.807, 2.05) is 0 Å². The smallest absolute Gasteiger partial charge is 0.410 e. The molecule has 0 N–H and O–H groups in total. The first-order chi connectivity index (χ1) is 17.3. The fourth-order valence-electron chi connectivity index (χ4n) is 5.31. The van der Waals surface area contributed by atoms with Gasteiger partial charge in [-0.2, -0.15) is 13.2 Å². The Labute approximate surface area is 213 Å². The molecular formula is C24H32F4N2O6S. The van der Waals surface area contributed by atoms with Crippen molar-refractivity contribution in [1.29, 1.82) is 0 Å². The van der Waals surface area contributed by atoms with Crippen molar-refractivity contribution in [2.24, 2.45) is 5.92 Å². The monoisotopic (exact) mass is 552 g/mol. The number of halogens is 4. The van der Waals surface area contributed by atoms with E-state index in [2.05, 4.69) is 0 Å². The van der Waals surface area contributed by atoms with E-state index >= 15 is 0 Å². The Kier molecular flexibility index (Phi) is 8.25. The fraction of sp³-hybridized carbons (Fsp3) is 0.708. The molecule has 8 nitrogen and oxygen atoms in total. The van der Waals surface area contributed by atoms with Crippen LogP contribution in [0.4, 0.5) is 22.4 Å². The third-order valence-electron chi connectivity index (χ3n) is 7.44. The van der Waals surface area contributed by atoms with Crippen molar-refractivity contribution in [3.63, 3.8) is 0 Å². The summed E-state index contributed by atoms with van der Waals surface area (Å²) in [7, 11) is -3.54. The van der Waals surface area contributed by atoms with Crippen LogP contribution in [0.1, 0.15) is 32.6 Å². The number of amides is 1. The zero-order valence-corrected chi connectivity index (χ0v) is 21.6. The summed E-state index contributed by atoms with van der Waals surface area (Å²) in [6.45, 7) is 2.35. The number of carbonyl (C=O) groups is 1. The lowest BCUT2D eigenvalue weighted by Gasteiger charge is -2.50. The number of alkyl halides is 3. The molecule has 1 unspecified atom stereocenters. The Morgan fingerprint density at radius 1 is 1.14 bits per heavy atom. The maximum atomic E-state index is 14.3. The number of hydrogen-bond acceptors (Lipinski definition) is 7. The van der Waals surface area contributed by atoms with Crippen LogP contribution in [0.2, 0.25) is 0 Å². The standard InChI is InChI=1S/C24H32F4N2O6S/c1-15-22(24(26,27)28)30(10-9-29(15)23(31)36-18-13-34-14-18)17-5-3-16(4-6-17)12-35-21-8-7-19(11-20(21)25)37(2,32)33/h7-8,11,15-18,22H,3-6,9-10,12-14H2,1-2H3/t15-,16?,17?,22?/m0/s1. The molecule has 3 aliphatic rings. The topological polar surface area (TPSA) is 85.4 Å². The molecule has 0 radical (unpaired) electrons. The molecule has 2 heterocycles. The van der Waals surface area contributed by atoms with Crippen molar-refractivity contribution in [3.05, 3.63) is 24.0 Å². The predicted molar refractivity (Wildman–Crippen MR) is 125 cm³/mol. The normalized spacial score (nSPS) is 28.0. The number of carbonyl (C=O) groups excluding carboxylic acids is 1. The number of ether oxygens (including phenoxy) is 3. The van der Waals surface area contributed by atoms with Crippen molar-refractivity contribution in [1.82, 2.24) is 9.80 Å². The van der Waals surface area contributed by atoms with E-state index < -0.39 is 46.1 Å². The van der Waals surface area contributed by atoms with Crippen LogP contribution in [0.15, 0.2) is 23.1 Å². The average molecular weight is 553 g/mol. The first kappa shape index (κ1) is 27.9. The van der Waals surface area contributed by atoms with Gasteiger partial charge in [0.2, 0.25) is 0 Å². The summed E-state index contributed by atoms with van der Waals surface area (Å²) in [4.78, 5) is 15.0. The molecule has 3 fully saturated rings. The molecule has 2 saturated heterocycles. The zero-order chi connectivity index (χ0) is 27.0. The summed E-state index contributed by atoms with van der Waals surface area (Å²) in [5.74, 6) is -0.801. The van der Waals surface area contributed by atoms with Gasteiger partial charge in [-0.05, 0) is 56.7 Å². The van der Waals surface area contributed by atoms with Crippen molar-refractivity contribution in [2.75, 3.05) is 39.2 Å². The third-order valence-corrected chi connectivity index (χ3v) is 8.55. The van der Waals surface area contributed by atoms with Gasteiger partial charge < -0.3 is 19.1 Å². The van der Waals surface area contributed by atoms with E-state index in [-0.39, 0.29) is 55.5 Å². The van der Waals surface area contributed by atoms with E-state index in [0.29, 0.717) is 25.7 Å². The van der Waals surface area contributed by atoms with Gasteiger partial charge in [-0.1, -0.05) is 0 Å². The summed E-state index contributed by atoms with van der Waals surface area (Å²) < 4.78 is 95.7. The summed E-state index contributed by atoms with van der Waals surface area (Å²) in [5.41, 5.74) is 0. The third kappa shape index (κ3) is 6.48. The molecule has 0 bridgehead atoms. The fourth-order valence-corrected chi connectivity index (χ4v) is 5.95. The quantitative estimate of drug-likeness (QED) is 0.499. The van der Waals surface area contributed by atoms with Crippen LogP contribution in [0.5, 0.6) is 5.75 Å². The number of sulfone groups is 1. The highest BCUT2D eigenvalue weighted by molar-refractivity contribution is 7.90. The number of nitrogens with zero attached hydrogens (tertiary/aromatic N) is 2. The Bertz CT molecular complexity index is 1070. The molecule has 1 saturated carbocycles. The largest absolute Gasteiger partial charge is 0.490 e. The van der Waals surface area contributed by atoms with Crippen LogP contribution in [0, 0.1) is 11.7 Å². The van der Waals surface area contributed by atoms with Crippen LogP contribution in [0.25, 0.3) is 0 Å². The van der Waals surface area contributed by atoms with Crippen molar-refractivity contribution >= 4 is 15.9 Å². The van der Waals surface area contributed by atoms with Gasteiger partial charge in [-0.15, -0.1) is 0 Å². The van der Waals surface area contributed by atoms with Gasteiger partial charge in [0.1, 0.15) is 6.04 Å². The molecule has 208 valence electrons. The summed E-state index contributed by atoms with van der Waals surface area (Å²) in [6.07, 6.45) is -2.43. The van der Waals surface area contributed by atoms with Gasteiger partial charge in [0.25, 0.3) is 0 Å². The first-order valence-corrected chi connectivity index (χ1v) is 14.2. The van der Waals surface area contributed by atoms with Crippen LogP contribution in [-0.4, -0.2) is 93.9 Å². The van der Waals surface area contributed by atoms with Gasteiger partial charge in [-0.3, -0.25) is 4.90 Å². The lowest BCUT2D eigenvalue weighted by molar-refractivity contribution is -0.217. The molecule has 1 amide bonds. The van der Waals surface area contributed by atoms with Crippen molar-refractivity contribution in [2.45, 2.75) is 67.9 Å². The predicted octanol–water partition coefficient (Wildman–Crippen LogP) is 3.64. The van der Waals surface area contributed by atoms with Crippen LogP contribution in [0.3, 0.4) is 0 Å². The molecule has 2 aliphatic heterocycles. The Balaban J connectivity index is 1.33. The average Bonchev–Trinajstić information content (AvgIpc) is 2.79. The lowest BCUT2D eigenvalue weighted by Crippen LogP contribution is -2.67. The van der Waals surface area contributed by atoms with Gasteiger partial charge in [0.15, 0.2) is 27.5 Å². The van der Waals surface area contributed by atoms with E-state index in [4.69, 9.17) is 14.2 Å². The number of piperazine rings is 1.